The van der Waals surface area contributed by atoms with E-state index in [-0.39, 0.29) is 12.4 Å². The van der Waals surface area contributed by atoms with Gasteiger partial charge in [-0.15, -0.1) is 12.4 Å². The zero-order valence-corrected chi connectivity index (χ0v) is 10.7. The second kappa shape index (κ2) is 6.62. The van der Waals surface area contributed by atoms with Crippen molar-refractivity contribution < 1.29 is 30.7 Å². The van der Waals surface area contributed by atoms with Gasteiger partial charge in [0.15, 0.2) is 0 Å². The van der Waals surface area contributed by atoms with E-state index in [0.29, 0.717) is 18.2 Å². The van der Waals surface area contributed by atoms with Gasteiger partial charge in [-0.1, -0.05) is 0 Å². The maximum atomic E-state index is 13.3. The number of hydrogen-bond donors (Lipinski definition) is 1. The summed E-state index contributed by atoms with van der Waals surface area (Å²) in [4.78, 5) is 0. The number of hydrogen-bond acceptors (Lipinski definition) is 1. The van der Waals surface area contributed by atoms with Gasteiger partial charge in [-0.05, 0) is 24.6 Å². The maximum absolute atomic E-state index is 13.3. The van der Waals surface area contributed by atoms with Crippen LogP contribution in [0.3, 0.4) is 0 Å². The van der Waals surface area contributed by atoms with Crippen molar-refractivity contribution >= 4 is 12.4 Å². The summed E-state index contributed by atoms with van der Waals surface area (Å²) in [6, 6.07) is 0.0565. The molecule has 9 heteroatoms. The van der Waals surface area contributed by atoms with Crippen molar-refractivity contribution in [2.75, 3.05) is 0 Å². The summed E-state index contributed by atoms with van der Waals surface area (Å²) in [5.41, 5.74) is 3.59. The van der Waals surface area contributed by atoms with E-state index >= 15 is 0 Å². The Kier molecular flexibility index (Phi) is 6.28. The topological polar surface area (TPSA) is 26.0 Å². The molecule has 0 saturated heterocycles. The van der Waals surface area contributed by atoms with Crippen LogP contribution in [0.1, 0.15) is 30.0 Å². The number of halogens is 8. The lowest BCUT2D eigenvalue weighted by atomic mass is 9.99. The fourth-order valence-electron chi connectivity index (χ4n) is 1.48. The molecule has 0 fully saturated rings. The van der Waals surface area contributed by atoms with Gasteiger partial charge < -0.3 is 5.73 Å². The largest absolute Gasteiger partial charge is 0.416 e. The Morgan fingerprint density at radius 1 is 1.05 bits per heavy atom. The lowest BCUT2D eigenvalue weighted by molar-refractivity contribution is -0.138. The van der Waals surface area contributed by atoms with Crippen LogP contribution in [0.4, 0.5) is 30.7 Å². The molecule has 0 aliphatic carbocycles. The van der Waals surface area contributed by atoms with Crippen molar-refractivity contribution in [1.82, 2.24) is 0 Å². The molecule has 1 nitrogen and oxygen atoms in total. The maximum Gasteiger partial charge on any atom is 0.416 e. The second-order valence-corrected chi connectivity index (χ2v) is 3.99. The van der Waals surface area contributed by atoms with E-state index in [2.05, 4.69) is 0 Å². The minimum absolute atomic E-state index is 0. The highest BCUT2D eigenvalue weighted by Gasteiger charge is 2.32. The first-order chi connectivity index (χ1) is 8.50. The molecule has 1 aromatic carbocycles. The molecule has 0 aliphatic heterocycles. The molecule has 0 saturated carbocycles. The summed E-state index contributed by atoms with van der Waals surface area (Å²) in [7, 11) is 0. The van der Waals surface area contributed by atoms with Crippen molar-refractivity contribution in [2.24, 2.45) is 5.73 Å². The van der Waals surface area contributed by atoms with Gasteiger partial charge in [-0.2, -0.15) is 26.3 Å². The van der Waals surface area contributed by atoms with Gasteiger partial charge in [0.2, 0.25) is 0 Å². The third-order valence-electron chi connectivity index (χ3n) is 2.46. The lowest BCUT2D eigenvalue weighted by Crippen LogP contribution is -2.18. The molecule has 0 aliphatic rings. The normalized spacial score (nSPS) is 13.8. The summed E-state index contributed by atoms with van der Waals surface area (Å²) in [5.74, 6) is -1.05. The van der Waals surface area contributed by atoms with Gasteiger partial charge in [0.05, 0.1) is 5.56 Å². The van der Waals surface area contributed by atoms with E-state index in [1.54, 1.807) is 0 Å². The van der Waals surface area contributed by atoms with Crippen LogP contribution >= 0.6 is 12.4 Å². The van der Waals surface area contributed by atoms with Gasteiger partial charge in [-0.25, -0.2) is 4.39 Å². The van der Waals surface area contributed by atoms with Crippen LogP contribution in [0.5, 0.6) is 0 Å². The molecule has 0 aromatic heterocycles. The quantitative estimate of drug-likeness (QED) is 0.807. The first-order valence-electron chi connectivity index (χ1n) is 5.19. The molecule has 0 radical (unpaired) electrons. The van der Waals surface area contributed by atoms with E-state index in [0.717, 1.165) is 0 Å². The molecule has 0 bridgehead atoms. The van der Waals surface area contributed by atoms with Gasteiger partial charge in [0.25, 0.3) is 0 Å². The van der Waals surface area contributed by atoms with Crippen LogP contribution in [0.15, 0.2) is 18.2 Å². The smallest absolute Gasteiger partial charge is 0.324 e. The fraction of sp³-hybridized carbons (Fsp3) is 0.455. The van der Waals surface area contributed by atoms with Gasteiger partial charge in [0, 0.05) is 18.0 Å². The summed E-state index contributed by atoms with van der Waals surface area (Å²) in [5, 5.41) is 0. The van der Waals surface area contributed by atoms with Gasteiger partial charge in [0.1, 0.15) is 5.82 Å². The Balaban J connectivity index is 0.00000361. The van der Waals surface area contributed by atoms with E-state index in [9.17, 15) is 30.7 Å². The zero-order valence-electron chi connectivity index (χ0n) is 9.85. The van der Waals surface area contributed by atoms with E-state index in [1.165, 1.54) is 0 Å². The Hall–Kier alpha value is -1.02. The molecule has 0 unspecified atom stereocenters. The van der Waals surface area contributed by atoms with E-state index in [1.807, 2.05) is 0 Å². The first kappa shape index (κ1) is 19.0. The molecule has 0 heterocycles. The van der Waals surface area contributed by atoms with Crippen LogP contribution in [0, 0.1) is 5.82 Å². The highest BCUT2D eigenvalue weighted by Crippen LogP contribution is 2.33. The van der Waals surface area contributed by atoms with Crippen molar-refractivity contribution in [3.63, 3.8) is 0 Å². The highest BCUT2D eigenvalue weighted by atomic mass is 35.5. The summed E-state index contributed by atoms with van der Waals surface area (Å²) in [6.07, 6.45) is -11.2. The Morgan fingerprint density at radius 3 is 2.05 bits per heavy atom. The second-order valence-electron chi connectivity index (χ2n) is 3.99. The molecule has 20 heavy (non-hydrogen) atoms. The molecular formula is C11H11ClF7N. The predicted octanol–water partition coefficient (Wildman–Crippen LogP) is 4.61. The molecule has 1 rings (SSSR count). The third kappa shape index (κ3) is 5.54. The number of benzene rings is 1. The van der Waals surface area contributed by atoms with E-state index < -0.39 is 48.2 Å². The first-order valence-corrected chi connectivity index (χ1v) is 5.19. The summed E-state index contributed by atoms with van der Waals surface area (Å²) < 4.78 is 86.4. The van der Waals surface area contributed by atoms with Crippen molar-refractivity contribution in [3.05, 3.63) is 35.1 Å². The summed E-state index contributed by atoms with van der Waals surface area (Å²) >= 11 is 0. The molecule has 0 amide bonds. The van der Waals surface area contributed by atoms with Crippen molar-refractivity contribution in [1.29, 1.82) is 0 Å². The van der Waals surface area contributed by atoms with Crippen LogP contribution < -0.4 is 5.73 Å². The average Bonchev–Trinajstić information content (AvgIpc) is 2.24. The van der Waals surface area contributed by atoms with Gasteiger partial charge in [-0.3, -0.25) is 0 Å². The van der Waals surface area contributed by atoms with Crippen LogP contribution in [0.25, 0.3) is 0 Å². The SMILES string of the molecule is Cl.N[C@@H](CCC(F)(F)F)c1cc(C(F)(F)F)ccc1F. The Morgan fingerprint density at radius 2 is 1.60 bits per heavy atom. The molecule has 0 spiro atoms. The average molecular weight is 326 g/mol. The number of rotatable bonds is 3. The minimum atomic E-state index is -4.70. The van der Waals surface area contributed by atoms with Gasteiger partial charge >= 0.3 is 12.4 Å². The molecule has 1 aromatic rings. The summed E-state index contributed by atoms with van der Waals surface area (Å²) in [6.45, 7) is 0. The standard InChI is InChI=1S/C11H10F7N.ClH/c12-8-2-1-6(11(16,17)18)5-7(8)9(19)3-4-10(13,14)15;/h1-2,5,9H,3-4,19H2;1H/t9-;/m0./s1. The van der Waals surface area contributed by atoms with Crippen molar-refractivity contribution in [3.8, 4) is 0 Å². The third-order valence-corrected chi connectivity index (χ3v) is 2.46. The van der Waals surface area contributed by atoms with Crippen LogP contribution in [-0.2, 0) is 6.18 Å². The Labute approximate surface area is 116 Å². The number of nitrogens with two attached hydrogens (primary N) is 1. The lowest BCUT2D eigenvalue weighted by Gasteiger charge is -2.16. The van der Waals surface area contributed by atoms with E-state index in [4.69, 9.17) is 5.73 Å². The molecular weight excluding hydrogens is 315 g/mol. The highest BCUT2D eigenvalue weighted by molar-refractivity contribution is 5.85. The molecule has 1 atom stereocenters. The van der Waals surface area contributed by atoms with Crippen LogP contribution in [0.2, 0.25) is 0 Å². The number of alkyl halides is 6. The minimum Gasteiger partial charge on any atom is -0.324 e. The van der Waals surface area contributed by atoms with Crippen molar-refractivity contribution in [2.45, 2.75) is 31.2 Å². The fourth-order valence-corrected chi connectivity index (χ4v) is 1.48. The zero-order chi connectivity index (χ0) is 14.8. The monoisotopic (exact) mass is 325 g/mol. The predicted molar refractivity (Wildman–Crippen MR) is 60.9 cm³/mol. The molecule has 116 valence electrons. The molecule has 2 N–H and O–H groups in total. The Bertz CT molecular complexity index is 441. The van der Waals surface area contributed by atoms with Crippen LogP contribution in [-0.4, -0.2) is 6.18 Å².